The van der Waals surface area contributed by atoms with Gasteiger partial charge in [0.15, 0.2) is 5.78 Å². The molecule has 3 N–H and O–H groups in total. The largest absolute Gasteiger partial charge is 0.506 e. The number of carbonyl (C=O) groups is 2. The molecule has 88 valence electrons. The molecule has 1 aliphatic carbocycles. The van der Waals surface area contributed by atoms with Crippen LogP contribution in [-0.4, -0.2) is 16.8 Å². The molecule has 0 spiro atoms. The first-order valence-electron chi connectivity index (χ1n) is 5.25. The summed E-state index contributed by atoms with van der Waals surface area (Å²) >= 11 is 0. The molecular weight excluding hydrogens is 218 g/mol. The zero-order valence-electron chi connectivity index (χ0n) is 9.65. The highest BCUT2D eigenvalue weighted by Gasteiger charge is 2.42. The lowest BCUT2D eigenvalue weighted by molar-refractivity contribution is -0.124. The van der Waals surface area contributed by atoms with Crippen LogP contribution in [0, 0.1) is 0 Å². The van der Waals surface area contributed by atoms with Gasteiger partial charge in [0.05, 0.1) is 5.41 Å². The quantitative estimate of drug-likeness (QED) is 0.715. The van der Waals surface area contributed by atoms with Crippen molar-refractivity contribution in [2.24, 2.45) is 5.73 Å². The van der Waals surface area contributed by atoms with E-state index in [0.717, 1.165) is 0 Å². The number of benzene rings is 1. The molecular formula is C13H13NO3. The minimum Gasteiger partial charge on any atom is -0.506 e. The van der Waals surface area contributed by atoms with Crippen LogP contribution in [0.2, 0.25) is 0 Å². The lowest BCUT2D eigenvalue weighted by atomic mass is 9.71. The Balaban J connectivity index is 2.82. The van der Waals surface area contributed by atoms with E-state index in [0.29, 0.717) is 11.1 Å². The number of hydrogen-bond acceptors (Lipinski definition) is 3. The molecule has 0 aliphatic heterocycles. The summed E-state index contributed by atoms with van der Waals surface area (Å²) in [6, 6.07) is 6.96. The van der Waals surface area contributed by atoms with Crippen molar-refractivity contribution in [2.45, 2.75) is 19.3 Å². The van der Waals surface area contributed by atoms with Crippen molar-refractivity contribution in [3.8, 4) is 0 Å². The summed E-state index contributed by atoms with van der Waals surface area (Å²) in [4.78, 5) is 23.4. The molecule has 17 heavy (non-hydrogen) atoms. The number of carbonyl (C=O) groups excluding carboxylic acids is 2. The number of fused-ring (bicyclic) bond motifs is 1. The average molecular weight is 231 g/mol. The van der Waals surface area contributed by atoms with Gasteiger partial charge in [-0.1, -0.05) is 24.3 Å². The maximum atomic E-state index is 12.1. The molecule has 0 heterocycles. The summed E-state index contributed by atoms with van der Waals surface area (Å²) in [6.07, 6.45) is 0. The van der Waals surface area contributed by atoms with Crippen molar-refractivity contribution < 1.29 is 14.7 Å². The standard InChI is InChI=1S/C13H13NO3/c1-13(2)8-6-4-3-5-7(8)10(15)9(11(13)16)12(14)17/h3-6,15H,1-2H3,(H2,14,17). The predicted octanol–water partition coefficient (Wildman–Crippen LogP) is 1.30. The summed E-state index contributed by atoms with van der Waals surface area (Å²) < 4.78 is 0. The fraction of sp³-hybridized carbons (Fsp3) is 0.231. The number of rotatable bonds is 1. The molecule has 0 bridgehead atoms. The van der Waals surface area contributed by atoms with E-state index in [1.54, 1.807) is 38.1 Å². The SMILES string of the molecule is CC1(C)C(=O)C(C(N)=O)=C(O)c2ccccc21. The van der Waals surface area contributed by atoms with Gasteiger partial charge in [0.1, 0.15) is 11.3 Å². The maximum absolute atomic E-state index is 12.1. The topological polar surface area (TPSA) is 80.4 Å². The van der Waals surface area contributed by atoms with E-state index in [9.17, 15) is 14.7 Å². The fourth-order valence-electron chi connectivity index (χ4n) is 2.14. The van der Waals surface area contributed by atoms with Crippen LogP contribution in [0.3, 0.4) is 0 Å². The Morgan fingerprint density at radius 2 is 1.88 bits per heavy atom. The second-order valence-corrected chi connectivity index (χ2v) is 4.59. The number of amides is 1. The van der Waals surface area contributed by atoms with E-state index in [4.69, 9.17) is 5.73 Å². The van der Waals surface area contributed by atoms with Crippen LogP contribution in [0.1, 0.15) is 25.0 Å². The zero-order chi connectivity index (χ0) is 12.8. The minimum absolute atomic E-state index is 0.311. The minimum atomic E-state index is -0.893. The molecule has 1 aliphatic rings. The van der Waals surface area contributed by atoms with Crippen LogP contribution < -0.4 is 5.73 Å². The summed E-state index contributed by atoms with van der Waals surface area (Å²) in [5.41, 5.74) is 5.18. The van der Waals surface area contributed by atoms with E-state index in [1.807, 2.05) is 0 Å². The van der Waals surface area contributed by atoms with E-state index in [1.165, 1.54) is 0 Å². The van der Waals surface area contributed by atoms with Gasteiger partial charge in [0.25, 0.3) is 5.91 Å². The Bertz CT molecular complexity index is 556. The molecule has 1 aromatic rings. The second-order valence-electron chi connectivity index (χ2n) is 4.59. The Hall–Kier alpha value is -2.10. The predicted molar refractivity (Wildman–Crippen MR) is 63.2 cm³/mol. The summed E-state index contributed by atoms with van der Waals surface area (Å²) in [5.74, 6) is -1.66. The number of nitrogens with two attached hydrogens (primary N) is 1. The van der Waals surface area contributed by atoms with Gasteiger partial charge >= 0.3 is 0 Å². The molecule has 1 amide bonds. The Labute approximate surface area is 98.7 Å². The third-order valence-electron chi connectivity index (χ3n) is 3.13. The van der Waals surface area contributed by atoms with Gasteiger partial charge in [0.2, 0.25) is 0 Å². The van der Waals surface area contributed by atoms with Gasteiger partial charge in [-0.05, 0) is 19.4 Å². The first kappa shape index (κ1) is 11.4. The number of ketones is 1. The van der Waals surface area contributed by atoms with Gasteiger partial charge in [-0.15, -0.1) is 0 Å². The third-order valence-corrected chi connectivity index (χ3v) is 3.13. The number of primary amides is 1. The smallest absolute Gasteiger partial charge is 0.256 e. The Morgan fingerprint density at radius 3 is 2.47 bits per heavy atom. The van der Waals surface area contributed by atoms with Crippen LogP contribution >= 0.6 is 0 Å². The zero-order valence-corrected chi connectivity index (χ0v) is 9.65. The number of Topliss-reactive ketones (excluding diaryl/α,β-unsaturated/α-hetero) is 1. The highest BCUT2D eigenvalue weighted by Crippen LogP contribution is 2.38. The van der Waals surface area contributed by atoms with Crippen molar-refractivity contribution in [3.63, 3.8) is 0 Å². The van der Waals surface area contributed by atoms with Gasteiger partial charge < -0.3 is 10.8 Å². The molecule has 4 heteroatoms. The fourth-order valence-corrected chi connectivity index (χ4v) is 2.14. The van der Waals surface area contributed by atoms with Gasteiger partial charge in [-0.25, -0.2) is 0 Å². The molecule has 1 aromatic carbocycles. The van der Waals surface area contributed by atoms with Crippen LogP contribution in [-0.2, 0) is 15.0 Å². The molecule has 0 atom stereocenters. The molecule has 0 saturated carbocycles. The molecule has 0 saturated heterocycles. The molecule has 2 rings (SSSR count). The van der Waals surface area contributed by atoms with Crippen LogP contribution in [0.25, 0.3) is 5.76 Å². The summed E-state index contributed by atoms with van der Waals surface area (Å²) in [7, 11) is 0. The Kier molecular flexibility index (Phi) is 2.31. The number of hydrogen-bond donors (Lipinski definition) is 2. The highest BCUT2D eigenvalue weighted by atomic mass is 16.3. The van der Waals surface area contributed by atoms with Crippen molar-refractivity contribution in [2.75, 3.05) is 0 Å². The third kappa shape index (κ3) is 1.45. The normalized spacial score (nSPS) is 17.9. The van der Waals surface area contributed by atoms with E-state index >= 15 is 0 Å². The molecule has 4 nitrogen and oxygen atoms in total. The lowest BCUT2D eigenvalue weighted by Gasteiger charge is -2.31. The van der Waals surface area contributed by atoms with Crippen molar-refractivity contribution in [1.82, 2.24) is 0 Å². The number of aliphatic hydroxyl groups is 1. The van der Waals surface area contributed by atoms with Gasteiger partial charge in [0, 0.05) is 5.56 Å². The Morgan fingerprint density at radius 1 is 1.29 bits per heavy atom. The summed E-state index contributed by atoms with van der Waals surface area (Å²) in [5, 5.41) is 9.95. The van der Waals surface area contributed by atoms with Gasteiger partial charge in [-0.2, -0.15) is 0 Å². The van der Waals surface area contributed by atoms with Crippen LogP contribution in [0.5, 0.6) is 0 Å². The maximum Gasteiger partial charge on any atom is 0.256 e. The van der Waals surface area contributed by atoms with Crippen molar-refractivity contribution >= 4 is 17.4 Å². The van der Waals surface area contributed by atoms with E-state index in [-0.39, 0.29) is 11.3 Å². The van der Waals surface area contributed by atoms with E-state index in [2.05, 4.69) is 0 Å². The summed E-state index contributed by atoms with van der Waals surface area (Å²) in [6.45, 7) is 3.42. The van der Waals surface area contributed by atoms with Gasteiger partial charge in [-0.3, -0.25) is 9.59 Å². The second kappa shape index (κ2) is 3.45. The van der Waals surface area contributed by atoms with Crippen LogP contribution in [0.4, 0.5) is 0 Å². The van der Waals surface area contributed by atoms with Crippen LogP contribution in [0.15, 0.2) is 29.8 Å². The molecule has 0 unspecified atom stereocenters. The lowest BCUT2D eigenvalue weighted by Crippen LogP contribution is -2.39. The average Bonchev–Trinajstić information content (AvgIpc) is 2.27. The molecule has 0 aromatic heterocycles. The monoisotopic (exact) mass is 231 g/mol. The first-order chi connectivity index (χ1) is 7.87. The highest BCUT2D eigenvalue weighted by molar-refractivity contribution is 6.27. The number of aliphatic hydroxyl groups excluding tert-OH is 1. The molecule has 0 radical (unpaired) electrons. The van der Waals surface area contributed by atoms with E-state index < -0.39 is 17.1 Å². The van der Waals surface area contributed by atoms with Crippen molar-refractivity contribution in [3.05, 3.63) is 41.0 Å². The molecule has 0 fully saturated rings. The first-order valence-corrected chi connectivity index (χ1v) is 5.25. The van der Waals surface area contributed by atoms with Crippen molar-refractivity contribution in [1.29, 1.82) is 0 Å².